The van der Waals surface area contributed by atoms with Crippen molar-refractivity contribution in [3.8, 4) is 0 Å². The normalized spacial score (nSPS) is 23.8. The highest BCUT2D eigenvalue weighted by atomic mass is 32.1. The van der Waals surface area contributed by atoms with Gasteiger partial charge in [-0.1, -0.05) is 30.3 Å². The van der Waals surface area contributed by atoms with Gasteiger partial charge < -0.3 is 5.32 Å². The summed E-state index contributed by atoms with van der Waals surface area (Å²) in [5.41, 5.74) is 5.85. The van der Waals surface area contributed by atoms with Gasteiger partial charge in [-0.2, -0.15) is 0 Å². The standard InChI is InChI=1S/C19H23N3OS/c23-19(21-22-9-7-20-8-10-22)18-12-14-4-1-2-6-16(14)17(18)13-15-5-3-11-24-15/h1-6,11,17-18,20H,7-10,12-13H2,(H,21,23). The number of piperazine rings is 1. The van der Waals surface area contributed by atoms with Crippen LogP contribution < -0.4 is 10.7 Å². The molecular formula is C19H23N3OS. The smallest absolute Gasteiger partial charge is 0.238 e. The molecule has 1 aromatic heterocycles. The zero-order valence-electron chi connectivity index (χ0n) is 13.7. The molecule has 0 saturated carbocycles. The Hall–Kier alpha value is -1.69. The SMILES string of the molecule is O=C(NN1CCNCC1)C1Cc2ccccc2C1Cc1cccs1. The van der Waals surface area contributed by atoms with Crippen molar-refractivity contribution in [2.24, 2.45) is 5.92 Å². The minimum atomic E-state index is 0.0272. The second-order valence-electron chi connectivity index (χ2n) is 6.61. The van der Waals surface area contributed by atoms with Crippen LogP contribution in [-0.4, -0.2) is 37.1 Å². The Labute approximate surface area is 146 Å². The molecule has 0 bridgehead atoms. The Morgan fingerprint density at radius 1 is 1.21 bits per heavy atom. The number of rotatable bonds is 4. The predicted octanol–water partition coefficient (Wildman–Crippen LogP) is 2.18. The van der Waals surface area contributed by atoms with Crippen molar-refractivity contribution in [1.29, 1.82) is 0 Å². The number of hydrogen-bond donors (Lipinski definition) is 2. The monoisotopic (exact) mass is 341 g/mol. The number of fused-ring (bicyclic) bond motifs is 1. The molecule has 4 rings (SSSR count). The van der Waals surface area contributed by atoms with Gasteiger partial charge in [0.05, 0.1) is 5.92 Å². The van der Waals surface area contributed by atoms with E-state index in [2.05, 4.69) is 57.5 Å². The molecule has 1 fully saturated rings. The van der Waals surface area contributed by atoms with E-state index < -0.39 is 0 Å². The van der Waals surface area contributed by atoms with Crippen LogP contribution >= 0.6 is 11.3 Å². The molecule has 1 aromatic carbocycles. The van der Waals surface area contributed by atoms with Crippen LogP contribution in [0.25, 0.3) is 0 Å². The van der Waals surface area contributed by atoms with Gasteiger partial charge in [0.2, 0.25) is 5.91 Å². The molecule has 4 nitrogen and oxygen atoms in total. The number of amides is 1. The molecule has 1 amide bonds. The van der Waals surface area contributed by atoms with Crippen LogP contribution in [0.4, 0.5) is 0 Å². The molecule has 2 N–H and O–H groups in total. The Morgan fingerprint density at radius 3 is 2.83 bits per heavy atom. The van der Waals surface area contributed by atoms with E-state index in [9.17, 15) is 4.79 Å². The first kappa shape index (κ1) is 15.8. The summed E-state index contributed by atoms with van der Waals surface area (Å²) in [5, 5.41) is 7.50. The van der Waals surface area contributed by atoms with Crippen molar-refractivity contribution in [3.05, 3.63) is 57.8 Å². The fraction of sp³-hybridized carbons (Fsp3) is 0.421. The molecule has 5 heteroatoms. The van der Waals surface area contributed by atoms with Gasteiger partial charge in [-0.05, 0) is 35.4 Å². The van der Waals surface area contributed by atoms with Crippen molar-refractivity contribution < 1.29 is 4.79 Å². The van der Waals surface area contributed by atoms with Crippen molar-refractivity contribution in [3.63, 3.8) is 0 Å². The van der Waals surface area contributed by atoms with Gasteiger partial charge in [-0.25, -0.2) is 5.01 Å². The van der Waals surface area contributed by atoms with E-state index in [1.54, 1.807) is 11.3 Å². The molecule has 2 atom stereocenters. The Balaban J connectivity index is 1.53. The summed E-state index contributed by atoms with van der Waals surface area (Å²) < 4.78 is 0. The van der Waals surface area contributed by atoms with Gasteiger partial charge in [0.25, 0.3) is 0 Å². The molecule has 1 aliphatic carbocycles. The second-order valence-corrected chi connectivity index (χ2v) is 7.64. The third-order valence-corrected chi connectivity index (χ3v) is 6.00. The molecule has 2 unspecified atom stereocenters. The fourth-order valence-corrected chi connectivity index (χ4v) is 4.63. The van der Waals surface area contributed by atoms with Crippen LogP contribution in [-0.2, 0) is 17.6 Å². The van der Waals surface area contributed by atoms with E-state index in [-0.39, 0.29) is 17.7 Å². The maximum Gasteiger partial charge on any atom is 0.238 e. The predicted molar refractivity (Wildman–Crippen MR) is 97.0 cm³/mol. The van der Waals surface area contributed by atoms with E-state index in [0.717, 1.165) is 39.0 Å². The van der Waals surface area contributed by atoms with Gasteiger partial charge >= 0.3 is 0 Å². The maximum absolute atomic E-state index is 13.0. The van der Waals surface area contributed by atoms with Crippen LogP contribution in [0.2, 0.25) is 0 Å². The van der Waals surface area contributed by atoms with E-state index in [1.165, 1.54) is 16.0 Å². The molecule has 126 valence electrons. The Bertz CT molecular complexity index is 694. The van der Waals surface area contributed by atoms with Crippen LogP contribution in [0, 0.1) is 5.92 Å². The minimum absolute atomic E-state index is 0.0272. The molecule has 24 heavy (non-hydrogen) atoms. The maximum atomic E-state index is 13.0. The lowest BCUT2D eigenvalue weighted by Crippen LogP contribution is -2.53. The molecule has 2 aliphatic rings. The molecule has 2 heterocycles. The number of hydrogen-bond acceptors (Lipinski definition) is 4. The molecule has 1 aliphatic heterocycles. The third-order valence-electron chi connectivity index (χ3n) is 5.10. The van der Waals surface area contributed by atoms with E-state index in [4.69, 9.17) is 0 Å². The highest BCUT2D eigenvalue weighted by molar-refractivity contribution is 7.09. The molecule has 0 spiro atoms. The zero-order chi connectivity index (χ0) is 16.4. The number of thiophene rings is 1. The highest BCUT2D eigenvalue weighted by Gasteiger charge is 2.37. The number of carbonyl (C=O) groups excluding carboxylic acids is 1. The summed E-state index contributed by atoms with van der Waals surface area (Å²) in [6, 6.07) is 12.8. The Kier molecular flexibility index (Phi) is 4.65. The van der Waals surface area contributed by atoms with Crippen LogP contribution in [0.5, 0.6) is 0 Å². The van der Waals surface area contributed by atoms with Crippen LogP contribution in [0.3, 0.4) is 0 Å². The summed E-state index contributed by atoms with van der Waals surface area (Å²) in [5.74, 6) is 0.483. The quantitative estimate of drug-likeness (QED) is 0.896. The van der Waals surface area contributed by atoms with Gasteiger partial charge in [0, 0.05) is 37.0 Å². The van der Waals surface area contributed by atoms with Crippen molar-refractivity contribution >= 4 is 17.2 Å². The molecule has 1 saturated heterocycles. The minimum Gasteiger partial charge on any atom is -0.314 e. The number of benzene rings is 1. The Morgan fingerprint density at radius 2 is 2.04 bits per heavy atom. The zero-order valence-corrected chi connectivity index (χ0v) is 14.5. The lowest BCUT2D eigenvalue weighted by Gasteiger charge is -2.30. The largest absolute Gasteiger partial charge is 0.314 e. The van der Waals surface area contributed by atoms with E-state index in [0.29, 0.717) is 0 Å². The van der Waals surface area contributed by atoms with E-state index in [1.807, 2.05) is 0 Å². The van der Waals surface area contributed by atoms with Crippen molar-refractivity contribution in [2.75, 3.05) is 26.2 Å². The second kappa shape index (κ2) is 7.05. The van der Waals surface area contributed by atoms with Gasteiger partial charge in [-0.3, -0.25) is 10.2 Å². The number of hydrazine groups is 1. The molecule has 0 radical (unpaired) electrons. The average Bonchev–Trinajstić information content (AvgIpc) is 3.25. The van der Waals surface area contributed by atoms with Gasteiger partial charge in [0.15, 0.2) is 0 Å². The third kappa shape index (κ3) is 3.24. The lowest BCUT2D eigenvalue weighted by molar-refractivity contribution is -0.130. The molecular weight excluding hydrogens is 318 g/mol. The number of nitrogens with one attached hydrogen (secondary N) is 2. The van der Waals surface area contributed by atoms with Gasteiger partial charge in [-0.15, -0.1) is 11.3 Å². The van der Waals surface area contributed by atoms with Crippen LogP contribution in [0.15, 0.2) is 41.8 Å². The van der Waals surface area contributed by atoms with Crippen molar-refractivity contribution in [1.82, 2.24) is 15.8 Å². The summed E-state index contributed by atoms with van der Waals surface area (Å²) >= 11 is 1.78. The molecule has 2 aromatic rings. The fourth-order valence-electron chi connectivity index (χ4n) is 3.87. The number of nitrogens with zero attached hydrogens (tertiary/aromatic N) is 1. The first-order valence-electron chi connectivity index (χ1n) is 8.67. The summed E-state index contributed by atoms with van der Waals surface area (Å²) in [6.07, 6.45) is 1.80. The average molecular weight is 341 g/mol. The summed E-state index contributed by atoms with van der Waals surface area (Å²) in [4.78, 5) is 14.3. The van der Waals surface area contributed by atoms with Crippen LogP contribution in [0.1, 0.15) is 21.9 Å². The first-order chi connectivity index (χ1) is 11.8. The van der Waals surface area contributed by atoms with Crippen molar-refractivity contribution in [2.45, 2.75) is 18.8 Å². The number of carbonyl (C=O) groups is 1. The summed E-state index contributed by atoms with van der Waals surface area (Å²) in [7, 11) is 0. The summed E-state index contributed by atoms with van der Waals surface area (Å²) in [6.45, 7) is 3.62. The first-order valence-corrected chi connectivity index (χ1v) is 9.55. The van der Waals surface area contributed by atoms with E-state index >= 15 is 0 Å². The topological polar surface area (TPSA) is 44.4 Å². The lowest BCUT2D eigenvalue weighted by atomic mass is 9.88. The highest BCUT2D eigenvalue weighted by Crippen LogP contribution is 2.40. The van der Waals surface area contributed by atoms with Gasteiger partial charge in [0.1, 0.15) is 0 Å².